The smallest absolute Gasteiger partial charge is 0.222 e. The molecule has 0 spiro atoms. The van der Waals surface area contributed by atoms with Crippen molar-refractivity contribution in [2.45, 2.75) is 39.0 Å². The van der Waals surface area contributed by atoms with Crippen LogP contribution in [0.25, 0.3) is 0 Å². The van der Waals surface area contributed by atoms with E-state index in [0.29, 0.717) is 0 Å². The Hall–Kier alpha value is -0.860. The first-order chi connectivity index (χ1) is 5.23. The summed E-state index contributed by atoms with van der Waals surface area (Å²) >= 11 is 0. The average molecular weight is 154 g/mol. The number of hydrogen-bond acceptors (Lipinski definition) is 3. The molecular weight excluding hydrogens is 140 g/mol. The van der Waals surface area contributed by atoms with Gasteiger partial charge in [-0.25, -0.2) is 0 Å². The Morgan fingerprint density at radius 1 is 1.45 bits per heavy atom. The standard InChI is InChI=1S/C8H14N2O/c1-4-8(3,5-2)7-10-9-6-11-7/h6H,4-5H2,1-3H3. The fourth-order valence-electron chi connectivity index (χ4n) is 0.988. The zero-order valence-corrected chi connectivity index (χ0v) is 7.29. The van der Waals surface area contributed by atoms with Crippen molar-refractivity contribution in [1.29, 1.82) is 0 Å². The maximum atomic E-state index is 5.16. The lowest BCUT2D eigenvalue weighted by Crippen LogP contribution is -2.19. The van der Waals surface area contributed by atoms with Gasteiger partial charge in [-0.05, 0) is 12.8 Å². The van der Waals surface area contributed by atoms with Crippen LogP contribution in [0.3, 0.4) is 0 Å². The SMILES string of the molecule is CCC(C)(CC)c1nnco1. The minimum absolute atomic E-state index is 0.0660. The van der Waals surface area contributed by atoms with Crippen molar-refractivity contribution in [2.75, 3.05) is 0 Å². The van der Waals surface area contributed by atoms with Gasteiger partial charge >= 0.3 is 0 Å². The molecule has 0 aliphatic rings. The summed E-state index contributed by atoms with van der Waals surface area (Å²) in [5, 5.41) is 7.58. The summed E-state index contributed by atoms with van der Waals surface area (Å²) in [4.78, 5) is 0. The van der Waals surface area contributed by atoms with Crippen LogP contribution in [0, 0.1) is 0 Å². The average Bonchev–Trinajstić information content (AvgIpc) is 2.55. The molecule has 0 aromatic carbocycles. The topological polar surface area (TPSA) is 38.9 Å². The molecule has 0 saturated carbocycles. The van der Waals surface area contributed by atoms with Crippen LogP contribution in [0.1, 0.15) is 39.5 Å². The van der Waals surface area contributed by atoms with Crippen molar-refractivity contribution in [3.63, 3.8) is 0 Å². The summed E-state index contributed by atoms with van der Waals surface area (Å²) in [7, 11) is 0. The zero-order chi connectivity index (χ0) is 8.32. The number of hydrogen-bond donors (Lipinski definition) is 0. The molecule has 1 aromatic rings. The highest BCUT2D eigenvalue weighted by atomic mass is 16.4. The summed E-state index contributed by atoms with van der Waals surface area (Å²) in [6, 6.07) is 0. The molecule has 0 atom stereocenters. The molecule has 0 fully saturated rings. The lowest BCUT2D eigenvalue weighted by molar-refractivity contribution is 0.325. The molecule has 11 heavy (non-hydrogen) atoms. The predicted octanol–water partition coefficient (Wildman–Crippen LogP) is 2.15. The largest absolute Gasteiger partial charge is 0.427 e. The lowest BCUT2D eigenvalue weighted by Gasteiger charge is -2.20. The second kappa shape index (κ2) is 3.03. The third-order valence-electron chi connectivity index (χ3n) is 2.44. The molecule has 0 aliphatic carbocycles. The number of rotatable bonds is 3. The van der Waals surface area contributed by atoms with Crippen molar-refractivity contribution in [1.82, 2.24) is 10.2 Å². The van der Waals surface area contributed by atoms with E-state index in [4.69, 9.17) is 4.42 Å². The van der Waals surface area contributed by atoms with Crippen molar-refractivity contribution in [3.8, 4) is 0 Å². The van der Waals surface area contributed by atoms with E-state index >= 15 is 0 Å². The molecule has 1 rings (SSSR count). The van der Waals surface area contributed by atoms with Gasteiger partial charge in [0.25, 0.3) is 0 Å². The van der Waals surface area contributed by atoms with Gasteiger partial charge in [0.2, 0.25) is 12.3 Å². The Labute approximate surface area is 66.8 Å². The van der Waals surface area contributed by atoms with Crippen LogP contribution in [0.4, 0.5) is 0 Å². The second-order valence-electron chi connectivity index (χ2n) is 3.01. The summed E-state index contributed by atoms with van der Waals surface area (Å²) in [5.41, 5.74) is 0.0660. The number of aromatic nitrogens is 2. The van der Waals surface area contributed by atoms with Crippen LogP contribution in [0.15, 0.2) is 10.8 Å². The minimum Gasteiger partial charge on any atom is -0.427 e. The van der Waals surface area contributed by atoms with Gasteiger partial charge in [-0.15, -0.1) is 10.2 Å². The van der Waals surface area contributed by atoms with E-state index in [1.54, 1.807) is 0 Å². The Balaban J connectivity index is 2.87. The van der Waals surface area contributed by atoms with Crippen LogP contribution in [-0.2, 0) is 5.41 Å². The van der Waals surface area contributed by atoms with Crippen LogP contribution >= 0.6 is 0 Å². The van der Waals surface area contributed by atoms with Gasteiger partial charge in [0.15, 0.2) is 0 Å². The summed E-state index contributed by atoms with van der Waals surface area (Å²) < 4.78 is 5.16. The van der Waals surface area contributed by atoms with Gasteiger partial charge < -0.3 is 4.42 Å². The van der Waals surface area contributed by atoms with E-state index in [1.165, 1.54) is 6.39 Å². The van der Waals surface area contributed by atoms with Crippen LogP contribution < -0.4 is 0 Å². The highest BCUT2D eigenvalue weighted by molar-refractivity contribution is 4.98. The van der Waals surface area contributed by atoms with Crippen LogP contribution in [0.2, 0.25) is 0 Å². The molecule has 0 aliphatic heterocycles. The van der Waals surface area contributed by atoms with Gasteiger partial charge in [0.05, 0.1) is 0 Å². The normalized spacial score (nSPS) is 11.9. The fraction of sp³-hybridized carbons (Fsp3) is 0.750. The molecular formula is C8H14N2O. The van der Waals surface area contributed by atoms with Gasteiger partial charge in [-0.1, -0.05) is 20.8 Å². The Kier molecular flexibility index (Phi) is 2.27. The molecule has 0 N–H and O–H groups in total. The monoisotopic (exact) mass is 154 g/mol. The van der Waals surface area contributed by atoms with Gasteiger partial charge in [-0.3, -0.25) is 0 Å². The third kappa shape index (κ3) is 1.42. The summed E-state index contributed by atoms with van der Waals surface area (Å²) in [6.07, 6.45) is 3.45. The first-order valence-electron chi connectivity index (χ1n) is 3.99. The van der Waals surface area contributed by atoms with E-state index < -0.39 is 0 Å². The van der Waals surface area contributed by atoms with E-state index in [-0.39, 0.29) is 5.41 Å². The molecule has 1 aromatic heterocycles. The first-order valence-corrected chi connectivity index (χ1v) is 3.99. The highest BCUT2D eigenvalue weighted by Gasteiger charge is 2.27. The maximum absolute atomic E-state index is 5.16. The maximum Gasteiger partial charge on any atom is 0.222 e. The molecule has 0 amide bonds. The van der Waals surface area contributed by atoms with E-state index in [0.717, 1.165) is 18.7 Å². The fourth-order valence-corrected chi connectivity index (χ4v) is 0.988. The van der Waals surface area contributed by atoms with Crippen LogP contribution in [-0.4, -0.2) is 10.2 Å². The third-order valence-corrected chi connectivity index (χ3v) is 2.44. The molecule has 0 bridgehead atoms. The molecule has 0 unspecified atom stereocenters. The Morgan fingerprint density at radius 3 is 2.45 bits per heavy atom. The first kappa shape index (κ1) is 8.24. The van der Waals surface area contributed by atoms with Crippen molar-refractivity contribution in [2.24, 2.45) is 0 Å². The minimum atomic E-state index is 0.0660. The van der Waals surface area contributed by atoms with Gasteiger partial charge in [-0.2, -0.15) is 0 Å². The lowest BCUT2D eigenvalue weighted by atomic mass is 9.85. The molecule has 0 radical (unpaired) electrons. The van der Waals surface area contributed by atoms with E-state index in [1.807, 2.05) is 0 Å². The molecule has 3 nitrogen and oxygen atoms in total. The summed E-state index contributed by atoms with van der Waals surface area (Å²) in [6.45, 7) is 6.40. The van der Waals surface area contributed by atoms with Crippen molar-refractivity contribution in [3.05, 3.63) is 12.3 Å². The van der Waals surface area contributed by atoms with Gasteiger partial charge in [0, 0.05) is 5.41 Å². The van der Waals surface area contributed by atoms with E-state index in [2.05, 4.69) is 31.0 Å². The summed E-state index contributed by atoms with van der Waals surface area (Å²) in [5.74, 6) is 0.752. The van der Waals surface area contributed by atoms with Crippen LogP contribution in [0.5, 0.6) is 0 Å². The second-order valence-corrected chi connectivity index (χ2v) is 3.01. The Morgan fingerprint density at radius 2 is 2.09 bits per heavy atom. The number of nitrogens with zero attached hydrogens (tertiary/aromatic N) is 2. The molecule has 0 saturated heterocycles. The molecule has 62 valence electrons. The molecule has 1 heterocycles. The predicted molar refractivity (Wildman–Crippen MR) is 42.2 cm³/mol. The van der Waals surface area contributed by atoms with Gasteiger partial charge in [0.1, 0.15) is 0 Å². The Bertz CT molecular complexity index is 202. The van der Waals surface area contributed by atoms with Crippen molar-refractivity contribution < 1.29 is 4.42 Å². The molecule has 3 heteroatoms. The van der Waals surface area contributed by atoms with Crippen molar-refractivity contribution >= 4 is 0 Å². The van der Waals surface area contributed by atoms with E-state index in [9.17, 15) is 0 Å². The highest BCUT2D eigenvalue weighted by Crippen LogP contribution is 2.28. The zero-order valence-electron chi connectivity index (χ0n) is 7.29. The quantitative estimate of drug-likeness (QED) is 0.669.